The quantitative estimate of drug-likeness (QED) is 0.209. The van der Waals surface area contributed by atoms with Crippen LogP contribution in [0.4, 0.5) is 5.69 Å². The summed E-state index contributed by atoms with van der Waals surface area (Å²) < 4.78 is 26.6. The molecule has 0 aliphatic rings. The maximum Gasteiger partial charge on any atom is 0.203 e. The first-order valence-corrected chi connectivity index (χ1v) is 10.9. The van der Waals surface area contributed by atoms with Crippen molar-refractivity contribution in [1.82, 2.24) is 0 Å². The Morgan fingerprint density at radius 2 is 1.33 bits per heavy atom. The number of ether oxygens (including phenoxy) is 5. The number of benzene rings is 3. The van der Waals surface area contributed by atoms with Crippen molar-refractivity contribution in [3.63, 3.8) is 0 Å². The molecular formula is C28H29NO7. The summed E-state index contributed by atoms with van der Waals surface area (Å²) in [7, 11) is 7.62. The molecule has 2 N–H and O–H groups in total. The minimum Gasteiger partial charge on any atom is -0.504 e. The number of anilines is 1. The zero-order valence-electron chi connectivity index (χ0n) is 20.8. The van der Waals surface area contributed by atoms with Crippen LogP contribution in [0.25, 0.3) is 12.2 Å². The SMILES string of the molecule is COc1ccc(C(=O)/C=C\Nc2cc(/C=C\c3cc(O)c(OC)c(OC)c3)cc(OC)c2OC)cc1. The predicted octanol–water partition coefficient (Wildman–Crippen LogP) is 5.41. The van der Waals surface area contributed by atoms with E-state index in [4.69, 9.17) is 23.7 Å². The van der Waals surface area contributed by atoms with Crippen LogP contribution in [0.3, 0.4) is 0 Å². The maximum atomic E-state index is 12.5. The first-order valence-electron chi connectivity index (χ1n) is 10.9. The Kier molecular flexibility index (Phi) is 8.83. The van der Waals surface area contributed by atoms with Crippen LogP contribution in [0, 0.1) is 0 Å². The highest BCUT2D eigenvalue weighted by molar-refractivity contribution is 6.04. The van der Waals surface area contributed by atoms with Crippen molar-refractivity contribution in [3.05, 3.63) is 77.5 Å². The van der Waals surface area contributed by atoms with E-state index >= 15 is 0 Å². The minimum absolute atomic E-state index is 0.0298. The van der Waals surface area contributed by atoms with E-state index in [1.165, 1.54) is 27.4 Å². The lowest BCUT2D eigenvalue weighted by Gasteiger charge is -2.14. The van der Waals surface area contributed by atoms with Gasteiger partial charge in [0.15, 0.2) is 28.8 Å². The first-order chi connectivity index (χ1) is 17.4. The largest absolute Gasteiger partial charge is 0.504 e. The fourth-order valence-electron chi connectivity index (χ4n) is 3.50. The van der Waals surface area contributed by atoms with Gasteiger partial charge < -0.3 is 34.1 Å². The third-order valence-corrected chi connectivity index (χ3v) is 5.30. The number of aromatic hydroxyl groups is 1. The molecule has 3 aromatic rings. The average Bonchev–Trinajstić information content (AvgIpc) is 2.91. The normalized spacial score (nSPS) is 10.9. The van der Waals surface area contributed by atoms with Crippen LogP contribution in [-0.2, 0) is 0 Å². The van der Waals surface area contributed by atoms with Gasteiger partial charge in [0.2, 0.25) is 5.75 Å². The molecule has 0 bridgehead atoms. The lowest BCUT2D eigenvalue weighted by molar-refractivity contribution is 0.104. The Morgan fingerprint density at radius 3 is 1.89 bits per heavy atom. The molecular weight excluding hydrogens is 462 g/mol. The number of phenols is 1. The van der Waals surface area contributed by atoms with E-state index in [0.29, 0.717) is 39.8 Å². The third-order valence-electron chi connectivity index (χ3n) is 5.30. The number of allylic oxidation sites excluding steroid dienone is 1. The van der Waals surface area contributed by atoms with E-state index in [2.05, 4.69) is 5.32 Å². The second-order valence-corrected chi connectivity index (χ2v) is 7.48. The van der Waals surface area contributed by atoms with Gasteiger partial charge in [-0.2, -0.15) is 0 Å². The van der Waals surface area contributed by atoms with Gasteiger partial charge in [-0.15, -0.1) is 0 Å². The Labute approximate surface area is 210 Å². The molecule has 3 aromatic carbocycles. The molecule has 0 aromatic heterocycles. The third kappa shape index (κ3) is 6.09. The van der Waals surface area contributed by atoms with Crippen molar-refractivity contribution in [2.24, 2.45) is 0 Å². The van der Waals surface area contributed by atoms with Crippen LogP contribution in [0.15, 0.2) is 60.8 Å². The second-order valence-electron chi connectivity index (χ2n) is 7.48. The van der Waals surface area contributed by atoms with E-state index in [1.54, 1.807) is 56.8 Å². The van der Waals surface area contributed by atoms with Gasteiger partial charge in [0.25, 0.3) is 0 Å². The highest BCUT2D eigenvalue weighted by Crippen LogP contribution is 2.39. The fourth-order valence-corrected chi connectivity index (χ4v) is 3.50. The molecule has 0 saturated heterocycles. The maximum absolute atomic E-state index is 12.5. The highest BCUT2D eigenvalue weighted by atomic mass is 16.5. The predicted molar refractivity (Wildman–Crippen MR) is 140 cm³/mol. The molecule has 0 radical (unpaired) electrons. The van der Waals surface area contributed by atoms with Gasteiger partial charge in [0.05, 0.1) is 41.2 Å². The molecule has 0 amide bonds. The van der Waals surface area contributed by atoms with Crippen molar-refractivity contribution >= 4 is 23.6 Å². The van der Waals surface area contributed by atoms with Gasteiger partial charge in [0.1, 0.15) is 5.75 Å². The van der Waals surface area contributed by atoms with Gasteiger partial charge in [-0.05, 0) is 59.7 Å². The summed E-state index contributed by atoms with van der Waals surface area (Å²) in [5.41, 5.74) is 2.64. The Morgan fingerprint density at radius 1 is 0.750 bits per heavy atom. The Hall–Kier alpha value is -4.59. The first kappa shape index (κ1) is 26.0. The summed E-state index contributed by atoms with van der Waals surface area (Å²) in [5, 5.41) is 13.3. The molecule has 0 unspecified atom stereocenters. The molecule has 8 heteroatoms. The number of carbonyl (C=O) groups excluding carboxylic acids is 1. The average molecular weight is 492 g/mol. The van der Waals surface area contributed by atoms with Crippen molar-refractivity contribution in [3.8, 4) is 34.5 Å². The van der Waals surface area contributed by atoms with Crippen LogP contribution >= 0.6 is 0 Å². The standard InChI is InChI=1S/C28H29NO7/c1-32-21-10-8-20(9-11-21)23(30)12-13-29-22-14-18(16-25(33-2)27(22)35-4)6-7-19-15-24(31)28(36-5)26(17-19)34-3/h6-17,29,31H,1-5H3/b7-6-,13-12-. The van der Waals surface area contributed by atoms with Crippen LogP contribution in [-0.4, -0.2) is 46.4 Å². The molecule has 36 heavy (non-hydrogen) atoms. The molecule has 3 rings (SSSR count). The number of carbonyl (C=O) groups is 1. The number of rotatable bonds is 11. The summed E-state index contributed by atoms with van der Waals surface area (Å²) in [6, 6.07) is 13.9. The Bertz CT molecular complexity index is 1260. The molecule has 0 aliphatic heterocycles. The summed E-state index contributed by atoms with van der Waals surface area (Å²) in [6.07, 6.45) is 6.64. The van der Waals surface area contributed by atoms with E-state index in [1.807, 2.05) is 24.3 Å². The van der Waals surface area contributed by atoms with Gasteiger partial charge in [-0.3, -0.25) is 4.79 Å². The van der Waals surface area contributed by atoms with Crippen molar-refractivity contribution in [2.45, 2.75) is 0 Å². The molecule has 0 fully saturated rings. The lowest BCUT2D eigenvalue weighted by atomic mass is 10.1. The van der Waals surface area contributed by atoms with Crippen LogP contribution in [0.2, 0.25) is 0 Å². The zero-order valence-corrected chi connectivity index (χ0v) is 20.8. The Balaban J connectivity index is 1.85. The smallest absolute Gasteiger partial charge is 0.203 e. The van der Waals surface area contributed by atoms with E-state index in [0.717, 1.165) is 5.56 Å². The van der Waals surface area contributed by atoms with Gasteiger partial charge >= 0.3 is 0 Å². The zero-order chi connectivity index (χ0) is 26.1. The number of ketones is 1. The number of nitrogens with one attached hydrogen (secondary N) is 1. The molecule has 0 heterocycles. The molecule has 188 valence electrons. The summed E-state index contributed by atoms with van der Waals surface area (Å²) in [4.78, 5) is 12.5. The molecule has 0 saturated carbocycles. The van der Waals surface area contributed by atoms with Crippen LogP contribution in [0.1, 0.15) is 21.5 Å². The summed E-state index contributed by atoms with van der Waals surface area (Å²) in [6.45, 7) is 0. The number of hydrogen-bond donors (Lipinski definition) is 2. The monoisotopic (exact) mass is 491 g/mol. The van der Waals surface area contributed by atoms with Gasteiger partial charge in [-0.1, -0.05) is 12.2 Å². The van der Waals surface area contributed by atoms with Crippen molar-refractivity contribution in [2.75, 3.05) is 40.9 Å². The number of methoxy groups -OCH3 is 5. The van der Waals surface area contributed by atoms with E-state index < -0.39 is 0 Å². The van der Waals surface area contributed by atoms with E-state index in [9.17, 15) is 9.90 Å². The number of phenolic OH excluding ortho intramolecular Hbond substituents is 1. The molecule has 0 atom stereocenters. The van der Waals surface area contributed by atoms with Gasteiger partial charge in [0, 0.05) is 17.8 Å². The van der Waals surface area contributed by atoms with E-state index in [-0.39, 0.29) is 17.3 Å². The molecule has 0 aliphatic carbocycles. The van der Waals surface area contributed by atoms with Crippen LogP contribution < -0.4 is 29.0 Å². The summed E-state index contributed by atoms with van der Waals surface area (Å²) >= 11 is 0. The fraction of sp³-hybridized carbons (Fsp3) is 0.179. The minimum atomic E-state index is -0.166. The molecule has 8 nitrogen and oxygen atoms in total. The van der Waals surface area contributed by atoms with Crippen LogP contribution in [0.5, 0.6) is 34.5 Å². The highest BCUT2D eigenvalue weighted by Gasteiger charge is 2.13. The van der Waals surface area contributed by atoms with Crippen molar-refractivity contribution < 1.29 is 33.6 Å². The van der Waals surface area contributed by atoms with Gasteiger partial charge in [-0.25, -0.2) is 0 Å². The molecule has 0 spiro atoms. The topological polar surface area (TPSA) is 95.5 Å². The summed E-state index contributed by atoms with van der Waals surface area (Å²) in [5.74, 6) is 2.16. The lowest BCUT2D eigenvalue weighted by Crippen LogP contribution is -1.99. The van der Waals surface area contributed by atoms with Crippen molar-refractivity contribution in [1.29, 1.82) is 0 Å². The second kappa shape index (κ2) is 12.2. The number of hydrogen-bond acceptors (Lipinski definition) is 8.